The van der Waals surface area contributed by atoms with Gasteiger partial charge in [0, 0.05) is 19.5 Å². The highest BCUT2D eigenvalue weighted by Crippen LogP contribution is 2.14. The number of carbonyl (C=O) groups excluding carboxylic acids is 1. The Morgan fingerprint density at radius 3 is 2.65 bits per heavy atom. The molecule has 3 rings (SSSR count). The molecule has 2 heterocycles. The van der Waals surface area contributed by atoms with E-state index in [-0.39, 0.29) is 17.9 Å². The summed E-state index contributed by atoms with van der Waals surface area (Å²) in [6, 6.07) is 7.85. The normalized spacial score (nSPS) is 11.2. The van der Waals surface area contributed by atoms with E-state index in [2.05, 4.69) is 15.4 Å². The lowest BCUT2D eigenvalue weighted by Crippen LogP contribution is -2.30. The molecule has 0 aliphatic heterocycles. The summed E-state index contributed by atoms with van der Waals surface area (Å²) >= 11 is 0. The van der Waals surface area contributed by atoms with Gasteiger partial charge in [-0.2, -0.15) is 5.10 Å². The fourth-order valence-corrected chi connectivity index (χ4v) is 2.61. The summed E-state index contributed by atoms with van der Waals surface area (Å²) in [4.78, 5) is 28.9. The quantitative estimate of drug-likeness (QED) is 0.735. The zero-order valence-electron chi connectivity index (χ0n) is 15.3. The molecule has 0 saturated heterocycles. The maximum atomic E-state index is 12.6. The first kappa shape index (κ1) is 17.8. The minimum absolute atomic E-state index is 0.0685. The zero-order chi connectivity index (χ0) is 18.7. The summed E-state index contributed by atoms with van der Waals surface area (Å²) in [5, 5.41) is 7.59. The van der Waals surface area contributed by atoms with Gasteiger partial charge < -0.3 is 5.32 Å². The van der Waals surface area contributed by atoms with Crippen LogP contribution < -0.4 is 10.9 Å². The Morgan fingerprint density at radius 1 is 1.23 bits per heavy atom. The van der Waals surface area contributed by atoms with Crippen molar-refractivity contribution in [1.29, 1.82) is 0 Å². The molecule has 3 aromatic rings. The van der Waals surface area contributed by atoms with Crippen LogP contribution in [0.5, 0.6) is 0 Å². The third-order valence-corrected chi connectivity index (χ3v) is 4.12. The highest BCUT2D eigenvalue weighted by atomic mass is 16.1. The highest BCUT2D eigenvalue weighted by Gasteiger charge is 2.12. The van der Waals surface area contributed by atoms with Crippen molar-refractivity contribution in [3.8, 4) is 5.69 Å². The lowest BCUT2D eigenvalue weighted by atomic mass is 10.2. The Morgan fingerprint density at radius 2 is 1.96 bits per heavy atom. The number of carbonyl (C=O) groups is 1. The fourth-order valence-electron chi connectivity index (χ4n) is 2.61. The Hall–Kier alpha value is -2.96. The third kappa shape index (κ3) is 3.82. The maximum Gasteiger partial charge on any atom is 0.264 e. The molecule has 7 heteroatoms. The van der Waals surface area contributed by atoms with Crippen LogP contribution in [-0.2, 0) is 11.3 Å². The molecule has 136 valence electrons. The Labute approximate surface area is 151 Å². The molecule has 0 aliphatic rings. The molecule has 0 atom stereocenters. The Bertz CT molecular complexity index is 970. The molecular formula is C19H23N5O2. The van der Waals surface area contributed by atoms with E-state index in [1.165, 1.54) is 17.1 Å². The van der Waals surface area contributed by atoms with Crippen molar-refractivity contribution in [1.82, 2.24) is 24.6 Å². The van der Waals surface area contributed by atoms with Gasteiger partial charge in [-0.25, -0.2) is 9.67 Å². The number of hydrogen-bond donors (Lipinski definition) is 1. The van der Waals surface area contributed by atoms with E-state index in [1.807, 2.05) is 45.0 Å². The van der Waals surface area contributed by atoms with Crippen molar-refractivity contribution in [3.63, 3.8) is 0 Å². The third-order valence-electron chi connectivity index (χ3n) is 4.12. The molecular weight excluding hydrogens is 330 g/mol. The number of nitrogens with zero attached hydrogens (tertiary/aromatic N) is 4. The van der Waals surface area contributed by atoms with E-state index < -0.39 is 0 Å². The molecule has 1 aromatic carbocycles. The van der Waals surface area contributed by atoms with Crippen molar-refractivity contribution in [2.75, 3.05) is 6.54 Å². The maximum absolute atomic E-state index is 12.6. The first-order valence-electron chi connectivity index (χ1n) is 8.72. The predicted molar refractivity (Wildman–Crippen MR) is 100 cm³/mol. The number of hydrogen-bond acceptors (Lipinski definition) is 4. The summed E-state index contributed by atoms with van der Waals surface area (Å²) in [5.41, 5.74) is 2.32. The second kappa shape index (κ2) is 7.51. The topological polar surface area (TPSA) is 81.8 Å². The molecule has 0 spiro atoms. The molecule has 1 N–H and O–H groups in total. The smallest absolute Gasteiger partial charge is 0.264 e. The van der Waals surface area contributed by atoms with E-state index in [0.717, 1.165) is 11.3 Å². The van der Waals surface area contributed by atoms with Crippen LogP contribution in [0.15, 0.2) is 41.6 Å². The molecule has 2 aromatic heterocycles. The van der Waals surface area contributed by atoms with Gasteiger partial charge in [0.2, 0.25) is 5.91 Å². The number of aromatic nitrogens is 4. The average Bonchev–Trinajstić information content (AvgIpc) is 3.05. The highest BCUT2D eigenvalue weighted by molar-refractivity contribution is 5.76. The summed E-state index contributed by atoms with van der Waals surface area (Å²) in [7, 11) is 0. The lowest BCUT2D eigenvalue weighted by molar-refractivity contribution is -0.121. The number of amides is 1. The largest absolute Gasteiger partial charge is 0.356 e. The molecule has 0 unspecified atom stereocenters. The van der Waals surface area contributed by atoms with Gasteiger partial charge in [0.15, 0.2) is 5.65 Å². The van der Waals surface area contributed by atoms with Crippen LogP contribution in [0.25, 0.3) is 16.7 Å². The minimum atomic E-state index is -0.190. The van der Waals surface area contributed by atoms with Crippen LogP contribution in [0.3, 0.4) is 0 Å². The molecule has 0 aliphatic carbocycles. The van der Waals surface area contributed by atoms with Crippen molar-refractivity contribution in [2.45, 2.75) is 33.7 Å². The Balaban J connectivity index is 1.80. The van der Waals surface area contributed by atoms with Crippen molar-refractivity contribution in [2.24, 2.45) is 5.92 Å². The first-order valence-corrected chi connectivity index (χ1v) is 8.72. The summed E-state index contributed by atoms with van der Waals surface area (Å²) < 4.78 is 3.11. The van der Waals surface area contributed by atoms with Gasteiger partial charge in [0.05, 0.1) is 18.2 Å². The molecule has 1 amide bonds. The number of benzene rings is 1. The molecule has 7 nitrogen and oxygen atoms in total. The van der Waals surface area contributed by atoms with Gasteiger partial charge in [-0.3, -0.25) is 14.2 Å². The molecule has 0 radical (unpaired) electrons. The fraction of sp³-hybridized carbons (Fsp3) is 0.368. The van der Waals surface area contributed by atoms with Crippen molar-refractivity contribution in [3.05, 3.63) is 52.7 Å². The van der Waals surface area contributed by atoms with Gasteiger partial charge >= 0.3 is 0 Å². The first-order chi connectivity index (χ1) is 12.5. The van der Waals surface area contributed by atoms with E-state index in [1.54, 1.807) is 4.68 Å². The van der Waals surface area contributed by atoms with E-state index in [0.29, 0.717) is 30.0 Å². The van der Waals surface area contributed by atoms with Crippen LogP contribution in [-0.4, -0.2) is 31.8 Å². The predicted octanol–water partition coefficient (Wildman–Crippen LogP) is 2.05. The van der Waals surface area contributed by atoms with E-state index >= 15 is 0 Å². The van der Waals surface area contributed by atoms with Crippen LogP contribution >= 0.6 is 0 Å². The minimum Gasteiger partial charge on any atom is -0.356 e. The van der Waals surface area contributed by atoms with Crippen LogP contribution in [0.4, 0.5) is 0 Å². The SMILES string of the molecule is Cc1ccc(-n2ncc3c(=O)n(CCC(=O)NCC(C)C)cnc32)cc1. The monoisotopic (exact) mass is 353 g/mol. The van der Waals surface area contributed by atoms with Gasteiger partial charge in [-0.05, 0) is 25.0 Å². The molecule has 0 saturated carbocycles. The number of fused-ring (bicyclic) bond motifs is 1. The summed E-state index contributed by atoms with van der Waals surface area (Å²) in [6.45, 7) is 7.01. The number of rotatable bonds is 6. The van der Waals surface area contributed by atoms with Gasteiger partial charge in [0.25, 0.3) is 5.56 Å². The zero-order valence-corrected chi connectivity index (χ0v) is 15.3. The lowest BCUT2D eigenvalue weighted by Gasteiger charge is -2.09. The van der Waals surface area contributed by atoms with Crippen LogP contribution in [0.1, 0.15) is 25.8 Å². The second-order valence-corrected chi connectivity index (χ2v) is 6.82. The number of aryl methyl sites for hydroxylation is 2. The van der Waals surface area contributed by atoms with Gasteiger partial charge in [-0.1, -0.05) is 31.5 Å². The van der Waals surface area contributed by atoms with E-state index in [4.69, 9.17) is 0 Å². The molecule has 0 bridgehead atoms. The number of nitrogens with one attached hydrogen (secondary N) is 1. The Kier molecular flexibility index (Phi) is 5.16. The van der Waals surface area contributed by atoms with Crippen LogP contribution in [0.2, 0.25) is 0 Å². The van der Waals surface area contributed by atoms with E-state index in [9.17, 15) is 9.59 Å². The second-order valence-electron chi connectivity index (χ2n) is 6.82. The molecule has 26 heavy (non-hydrogen) atoms. The van der Waals surface area contributed by atoms with Gasteiger partial charge in [0.1, 0.15) is 5.39 Å². The summed E-state index contributed by atoms with van der Waals surface area (Å²) in [6.07, 6.45) is 3.25. The molecule has 0 fully saturated rings. The van der Waals surface area contributed by atoms with Crippen LogP contribution in [0, 0.1) is 12.8 Å². The van der Waals surface area contributed by atoms with Crippen molar-refractivity contribution < 1.29 is 4.79 Å². The standard InChI is InChI=1S/C19H23N5O2/c1-13(2)10-20-17(25)8-9-23-12-21-18-16(19(23)26)11-22-24(18)15-6-4-14(3)5-7-15/h4-7,11-13H,8-10H2,1-3H3,(H,20,25). The average molecular weight is 353 g/mol. The summed E-state index contributed by atoms with van der Waals surface area (Å²) in [5.74, 6) is 0.327. The van der Waals surface area contributed by atoms with Gasteiger partial charge in [-0.15, -0.1) is 0 Å². The van der Waals surface area contributed by atoms with Crippen molar-refractivity contribution >= 4 is 16.9 Å².